The van der Waals surface area contributed by atoms with Crippen LogP contribution in [0.5, 0.6) is 0 Å². The third-order valence-electron chi connectivity index (χ3n) is 1.71. The zero-order chi connectivity index (χ0) is 7.49. The van der Waals surface area contributed by atoms with Gasteiger partial charge in [0, 0.05) is 6.04 Å². The van der Waals surface area contributed by atoms with Gasteiger partial charge in [0.05, 0.1) is 0 Å². The molecular weight excluding hydrogens is 110 g/mol. The highest BCUT2D eigenvalue weighted by Gasteiger charge is 2.18. The van der Waals surface area contributed by atoms with Gasteiger partial charge >= 0.3 is 0 Å². The Balaban J connectivity index is 3.59. The van der Waals surface area contributed by atoms with E-state index in [0.29, 0.717) is 6.04 Å². The van der Waals surface area contributed by atoms with Crippen LogP contribution in [0.4, 0.5) is 0 Å². The molecule has 0 saturated carbocycles. The lowest BCUT2D eigenvalue weighted by Gasteiger charge is -2.26. The Morgan fingerprint density at radius 1 is 1.33 bits per heavy atom. The fourth-order valence-electron chi connectivity index (χ4n) is 0.744. The minimum Gasteiger partial charge on any atom is -0.327 e. The average Bonchev–Trinajstić information content (AvgIpc) is 1.64. The number of rotatable bonds is 2. The lowest BCUT2D eigenvalue weighted by atomic mass is 9.85. The van der Waals surface area contributed by atoms with E-state index < -0.39 is 0 Å². The molecule has 2 N–H and O–H groups in total. The van der Waals surface area contributed by atoms with Crippen molar-refractivity contribution in [2.75, 3.05) is 0 Å². The Labute approximate surface area is 58.6 Å². The van der Waals surface area contributed by atoms with Gasteiger partial charge < -0.3 is 5.73 Å². The molecule has 0 aromatic carbocycles. The summed E-state index contributed by atoms with van der Waals surface area (Å²) in [7, 11) is 0. The molecule has 0 saturated heterocycles. The highest BCUT2D eigenvalue weighted by molar-refractivity contribution is 4.75. The molecule has 0 aromatic rings. The standard InChI is InChI=1S/C8H19N/c1-5-6-7(9)8(2,3)4/h7H,5-6,9H2,1-4H3/t7-/m0/s1. The van der Waals surface area contributed by atoms with E-state index >= 15 is 0 Å². The van der Waals surface area contributed by atoms with Crippen molar-refractivity contribution >= 4 is 0 Å². The first kappa shape index (κ1) is 8.96. The molecule has 56 valence electrons. The molecular formula is C8H19N. The predicted molar refractivity (Wildman–Crippen MR) is 42.3 cm³/mol. The van der Waals surface area contributed by atoms with Crippen molar-refractivity contribution in [3.05, 3.63) is 0 Å². The van der Waals surface area contributed by atoms with Gasteiger partial charge in [0.2, 0.25) is 0 Å². The normalized spacial score (nSPS) is 15.7. The fourth-order valence-corrected chi connectivity index (χ4v) is 0.744. The molecule has 1 heteroatoms. The monoisotopic (exact) mass is 129 g/mol. The molecule has 0 aliphatic carbocycles. The maximum atomic E-state index is 5.86. The quantitative estimate of drug-likeness (QED) is 0.607. The largest absolute Gasteiger partial charge is 0.327 e. The molecule has 0 amide bonds. The molecule has 1 nitrogen and oxygen atoms in total. The van der Waals surface area contributed by atoms with E-state index in [9.17, 15) is 0 Å². The van der Waals surface area contributed by atoms with Crippen LogP contribution in [0.2, 0.25) is 0 Å². The van der Waals surface area contributed by atoms with Crippen molar-refractivity contribution in [1.82, 2.24) is 0 Å². The molecule has 9 heavy (non-hydrogen) atoms. The van der Waals surface area contributed by atoms with E-state index in [4.69, 9.17) is 5.73 Å². The van der Waals surface area contributed by atoms with Gasteiger partial charge in [-0.1, -0.05) is 34.1 Å². The Hall–Kier alpha value is -0.0400. The van der Waals surface area contributed by atoms with Crippen LogP contribution in [0.3, 0.4) is 0 Å². The van der Waals surface area contributed by atoms with Gasteiger partial charge in [-0.2, -0.15) is 0 Å². The first-order valence-corrected chi connectivity index (χ1v) is 3.74. The summed E-state index contributed by atoms with van der Waals surface area (Å²) in [5, 5.41) is 0. The van der Waals surface area contributed by atoms with Crippen molar-refractivity contribution < 1.29 is 0 Å². The second kappa shape index (κ2) is 3.21. The molecule has 0 radical (unpaired) electrons. The van der Waals surface area contributed by atoms with Crippen LogP contribution < -0.4 is 5.73 Å². The minimum atomic E-state index is 0.288. The lowest BCUT2D eigenvalue weighted by molar-refractivity contribution is 0.304. The number of nitrogens with two attached hydrogens (primary N) is 1. The first-order valence-electron chi connectivity index (χ1n) is 3.74. The summed E-state index contributed by atoms with van der Waals surface area (Å²) in [6.07, 6.45) is 2.34. The van der Waals surface area contributed by atoms with E-state index in [0.717, 1.165) is 6.42 Å². The van der Waals surface area contributed by atoms with Crippen molar-refractivity contribution in [2.45, 2.75) is 46.6 Å². The van der Waals surface area contributed by atoms with E-state index in [-0.39, 0.29) is 5.41 Å². The molecule has 0 aliphatic rings. The molecule has 0 rings (SSSR count). The van der Waals surface area contributed by atoms with Gasteiger partial charge in [-0.3, -0.25) is 0 Å². The first-order chi connectivity index (χ1) is 3.98. The van der Waals surface area contributed by atoms with Crippen LogP contribution in [-0.2, 0) is 0 Å². The molecule has 1 atom stereocenters. The van der Waals surface area contributed by atoms with Crippen LogP contribution in [0.1, 0.15) is 40.5 Å². The Bertz CT molecular complexity index is 71.1. The summed E-state index contributed by atoms with van der Waals surface area (Å²) in [6.45, 7) is 8.74. The predicted octanol–water partition coefficient (Wildman–Crippen LogP) is 2.16. The van der Waals surface area contributed by atoms with E-state index in [1.54, 1.807) is 0 Å². The topological polar surface area (TPSA) is 26.0 Å². The van der Waals surface area contributed by atoms with Crippen molar-refractivity contribution in [2.24, 2.45) is 11.1 Å². The smallest absolute Gasteiger partial charge is 0.00875 e. The molecule has 0 aromatic heterocycles. The maximum absolute atomic E-state index is 5.86. The van der Waals surface area contributed by atoms with Gasteiger partial charge in [-0.05, 0) is 11.8 Å². The Morgan fingerprint density at radius 2 is 1.78 bits per heavy atom. The summed E-state index contributed by atoms with van der Waals surface area (Å²) in [5.74, 6) is 0. The zero-order valence-electron chi connectivity index (χ0n) is 7.07. The van der Waals surface area contributed by atoms with Crippen LogP contribution in [0, 0.1) is 5.41 Å². The van der Waals surface area contributed by atoms with Crippen molar-refractivity contribution in [3.63, 3.8) is 0 Å². The van der Waals surface area contributed by atoms with Gasteiger partial charge in [0.1, 0.15) is 0 Å². The van der Waals surface area contributed by atoms with Crippen LogP contribution >= 0.6 is 0 Å². The molecule has 0 fully saturated rings. The summed E-state index contributed by atoms with van der Waals surface area (Å²) >= 11 is 0. The molecule has 0 spiro atoms. The fraction of sp³-hybridized carbons (Fsp3) is 1.00. The van der Waals surface area contributed by atoms with Crippen LogP contribution in [-0.4, -0.2) is 6.04 Å². The van der Waals surface area contributed by atoms with E-state index in [2.05, 4.69) is 27.7 Å². The summed E-state index contributed by atoms with van der Waals surface area (Å²) in [6, 6.07) is 0.363. The second-order valence-electron chi connectivity index (χ2n) is 3.76. The second-order valence-corrected chi connectivity index (χ2v) is 3.76. The lowest BCUT2D eigenvalue weighted by Crippen LogP contribution is -2.34. The summed E-state index contributed by atoms with van der Waals surface area (Å²) in [5.41, 5.74) is 6.15. The third-order valence-corrected chi connectivity index (χ3v) is 1.71. The number of hydrogen-bond acceptors (Lipinski definition) is 1. The molecule has 0 bridgehead atoms. The van der Waals surface area contributed by atoms with Crippen LogP contribution in [0.15, 0.2) is 0 Å². The van der Waals surface area contributed by atoms with Crippen LogP contribution in [0.25, 0.3) is 0 Å². The third kappa shape index (κ3) is 3.52. The van der Waals surface area contributed by atoms with Gasteiger partial charge in [0.25, 0.3) is 0 Å². The molecule has 0 heterocycles. The highest BCUT2D eigenvalue weighted by Crippen LogP contribution is 2.20. The zero-order valence-corrected chi connectivity index (χ0v) is 7.07. The molecule has 0 unspecified atom stereocenters. The summed E-state index contributed by atoms with van der Waals surface area (Å²) in [4.78, 5) is 0. The number of hydrogen-bond donors (Lipinski definition) is 1. The van der Waals surface area contributed by atoms with E-state index in [1.807, 2.05) is 0 Å². The Morgan fingerprint density at radius 3 is 1.89 bits per heavy atom. The van der Waals surface area contributed by atoms with Gasteiger partial charge in [-0.25, -0.2) is 0 Å². The Kier molecular flexibility index (Phi) is 3.20. The summed E-state index contributed by atoms with van der Waals surface area (Å²) < 4.78 is 0. The van der Waals surface area contributed by atoms with Gasteiger partial charge in [0.15, 0.2) is 0 Å². The van der Waals surface area contributed by atoms with Crippen molar-refractivity contribution in [1.29, 1.82) is 0 Å². The maximum Gasteiger partial charge on any atom is 0.00875 e. The van der Waals surface area contributed by atoms with Crippen molar-refractivity contribution in [3.8, 4) is 0 Å². The van der Waals surface area contributed by atoms with E-state index in [1.165, 1.54) is 6.42 Å². The van der Waals surface area contributed by atoms with Gasteiger partial charge in [-0.15, -0.1) is 0 Å². The highest BCUT2D eigenvalue weighted by atomic mass is 14.7. The minimum absolute atomic E-state index is 0.288. The average molecular weight is 129 g/mol. The SMILES string of the molecule is CCC[C@H](N)C(C)(C)C. The molecule has 0 aliphatic heterocycles.